The van der Waals surface area contributed by atoms with Crippen LogP contribution in [0.3, 0.4) is 0 Å². The van der Waals surface area contributed by atoms with E-state index in [2.05, 4.69) is 0 Å². The molecule has 0 saturated carbocycles. The second kappa shape index (κ2) is 4.63. The lowest BCUT2D eigenvalue weighted by molar-refractivity contribution is 0.477. The van der Waals surface area contributed by atoms with Crippen molar-refractivity contribution in [1.29, 1.82) is 0 Å². The minimum atomic E-state index is -3.39. The fraction of sp³-hybridized carbons (Fsp3) is 0.538. The molecule has 0 amide bonds. The quantitative estimate of drug-likeness (QED) is 0.919. The summed E-state index contributed by atoms with van der Waals surface area (Å²) in [4.78, 5) is 0. The monoisotopic (exact) mass is 273 g/mol. The molecule has 1 aromatic rings. The molecule has 0 fully saturated rings. The summed E-state index contributed by atoms with van der Waals surface area (Å²) in [6, 6.07) is 2.28. The van der Waals surface area contributed by atoms with E-state index < -0.39 is 26.4 Å². The third kappa shape index (κ3) is 2.57. The van der Waals surface area contributed by atoms with E-state index in [1.807, 2.05) is 0 Å². The topological polar surface area (TPSA) is 60.2 Å². The van der Waals surface area contributed by atoms with Crippen molar-refractivity contribution in [2.75, 3.05) is 6.26 Å². The number of hydrogen-bond donors (Lipinski definition) is 1. The predicted molar refractivity (Wildman–Crippen MR) is 71.7 cm³/mol. The van der Waals surface area contributed by atoms with Crippen LogP contribution in [-0.4, -0.2) is 19.4 Å². The van der Waals surface area contributed by atoms with Crippen LogP contribution in [0.25, 0.3) is 0 Å². The van der Waals surface area contributed by atoms with Crippen LogP contribution in [0.5, 0.6) is 0 Å². The number of rotatable bonds is 3. The van der Waals surface area contributed by atoms with Crippen molar-refractivity contribution in [3.63, 3.8) is 0 Å². The van der Waals surface area contributed by atoms with Crippen LogP contribution in [-0.2, 0) is 9.84 Å². The van der Waals surface area contributed by atoms with Gasteiger partial charge in [-0.2, -0.15) is 0 Å². The molecule has 0 spiro atoms. The number of aryl methyl sites for hydroxylation is 2. The minimum Gasteiger partial charge on any atom is -0.323 e. The summed E-state index contributed by atoms with van der Waals surface area (Å²) in [7, 11) is -3.39. The molecular weight excluding hydrogens is 253 g/mol. The van der Waals surface area contributed by atoms with Gasteiger partial charge >= 0.3 is 0 Å². The molecule has 0 aliphatic carbocycles. The number of sulfone groups is 1. The van der Waals surface area contributed by atoms with Gasteiger partial charge < -0.3 is 5.73 Å². The molecule has 102 valence electrons. The highest BCUT2D eigenvalue weighted by atomic mass is 32.2. The molecule has 0 aliphatic rings. The summed E-state index contributed by atoms with van der Waals surface area (Å²) in [6.07, 6.45) is 1.12. The molecule has 1 atom stereocenters. The molecule has 0 aliphatic heterocycles. The van der Waals surface area contributed by atoms with Crippen LogP contribution in [0.4, 0.5) is 4.39 Å². The highest BCUT2D eigenvalue weighted by Gasteiger charge is 2.39. The number of nitrogens with two attached hydrogens (primary N) is 1. The number of benzene rings is 1. The van der Waals surface area contributed by atoms with Gasteiger partial charge in [0, 0.05) is 11.8 Å². The van der Waals surface area contributed by atoms with Gasteiger partial charge in [-0.1, -0.05) is 6.07 Å². The second-order valence-corrected chi connectivity index (χ2v) is 7.93. The lowest BCUT2D eigenvalue weighted by Crippen LogP contribution is -2.43. The Hall–Kier alpha value is -0.940. The zero-order chi connectivity index (χ0) is 14.3. The van der Waals surface area contributed by atoms with Gasteiger partial charge in [-0.05, 0) is 44.9 Å². The normalized spacial score (nSPS) is 14.6. The van der Waals surface area contributed by atoms with Crippen LogP contribution >= 0.6 is 0 Å². The first kappa shape index (κ1) is 15.1. The van der Waals surface area contributed by atoms with Gasteiger partial charge in [-0.25, -0.2) is 12.8 Å². The Balaban J connectivity index is 3.41. The smallest absolute Gasteiger partial charge is 0.154 e. The highest BCUT2D eigenvalue weighted by molar-refractivity contribution is 7.92. The molecule has 2 N–H and O–H groups in total. The molecule has 1 rings (SSSR count). The Kier molecular flexibility index (Phi) is 3.89. The second-order valence-electron chi connectivity index (χ2n) is 5.33. The van der Waals surface area contributed by atoms with Crippen molar-refractivity contribution >= 4 is 9.84 Å². The van der Waals surface area contributed by atoms with E-state index in [0.717, 1.165) is 11.8 Å². The van der Waals surface area contributed by atoms with Crippen LogP contribution in [0.15, 0.2) is 12.1 Å². The van der Waals surface area contributed by atoms with Gasteiger partial charge in [0.05, 0.1) is 10.8 Å². The van der Waals surface area contributed by atoms with Gasteiger partial charge in [0.15, 0.2) is 9.84 Å². The van der Waals surface area contributed by atoms with Gasteiger partial charge in [-0.15, -0.1) is 0 Å². The summed E-state index contributed by atoms with van der Waals surface area (Å²) >= 11 is 0. The Labute approximate surface area is 108 Å². The van der Waals surface area contributed by atoms with E-state index in [1.54, 1.807) is 19.9 Å². The van der Waals surface area contributed by atoms with Crippen LogP contribution < -0.4 is 5.73 Å². The summed E-state index contributed by atoms with van der Waals surface area (Å²) in [6.45, 7) is 6.56. The maximum Gasteiger partial charge on any atom is 0.154 e. The SMILES string of the molecule is Cc1cc(C)c(C(N)C(C)(C)S(C)(=O)=O)c(F)c1. The maximum atomic E-state index is 14.0. The molecule has 18 heavy (non-hydrogen) atoms. The molecule has 0 saturated heterocycles. The van der Waals surface area contributed by atoms with Crippen LogP contribution in [0.2, 0.25) is 0 Å². The van der Waals surface area contributed by atoms with Crippen molar-refractivity contribution in [3.8, 4) is 0 Å². The predicted octanol–water partition coefficient (Wildman–Crippen LogP) is 2.27. The zero-order valence-electron chi connectivity index (χ0n) is 11.4. The number of halogens is 1. The lowest BCUT2D eigenvalue weighted by atomic mass is 9.91. The average Bonchev–Trinajstić information content (AvgIpc) is 2.13. The maximum absolute atomic E-state index is 14.0. The van der Waals surface area contributed by atoms with Gasteiger partial charge in [-0.3, -0.25) is 0 Å². The third-order valence-corrected chi connectivity index (χ3v) is 5.66. The van der Waals surface area contributed by atoms with Crippen molar-refractivity contribution in [2.45, 2.75) is 38.5 Å². The molecule has 0 radical (unpaired) electrons. The zero-order valence-corrected chi connectivity index (χ0v) is 12.2. The molecular formula is C13H20FNO2S. The van der Waals surface area contributed by atoms with E-state index >= 15 is 0 Å². The van der Waals surface area contributed by atoms with Crippen molar-refractivity contribution in [2.24, 2.45) is 5.73 Å². The van der Waals surface area contributed by atoms with E-state index in [9.17, 15) is 12.8 Å². The van der Waals surface area contributed by atoms with Crippen molar-refractivity contribution in [1.82, 2.24) is 0 Å². The standard InChI is InChI=1S/C13H20FNO2S/c1-8-6-9(2)11(10(14)7-8)12(15)13(3,4)18(5,16)17/h6-7,12H,15H2,1-5H3. The summed E-state index contributed by atoms with van der Waals surface area (Å²) in [5.41, 5.74) is 7.73. The first-order valence-electron chi connectivity index (χ1n) is 5.70. The Morgan fingerprint density at radius 3 is 2.17 bits per heavy atom. The largest absolute Gasteiger partial charge is 0.323 e. The Bertz CT molecular complexity index is 541. The van der Waals surface area contributed by atoms with Crippen LogP contribution in [0, 0.1) is 19.7 Å². The molecule has 0 aromatic heterocycles. The Morgan fingerprint density at radius 1 is 1.28 bits per heavy atom. The van der Waals surface area contributed by atoms with Crippen molar-refractivity contribution in [3.05, 3.63) is 34.6 Å². The molecule has 5 heteroatoms. The molecule has 3 nitrogen and oxygen atoms in total. The van der Waals surface area contributed by atoms with E-state index in [0.29, 0.717) is 5.56 Å². The average molecular weight is 273 g/mol. The van der Waals surface area contributed by atoms with Gasteiger partial charge in [0.2, 0.25) is 0 Å². The minimum absolute atomic E-state index is 0.274. The Morgan fingerprint density at radius 2 is 1.78 bits per heavy atom. The molecule has 1 aromatic carbocycles. The van der Waals surface area contributed by atoms with Gasteiger partial charge in [0.25, 0.3) is 0 Å². The molecule has 1 unspecified atom stereocenters. The van der Waals surface area contributed by atoms with Crippen molar-refractivity contribution < 1.29 is 12.8 Å². The van der Waals surface area contributed by atoms with E-state index in [4.69, 9.17) is 5.73 Å². The van der Waals surface area contributed by atoms with Crippen LogP contribution in [0.1, 0.15) is 36.6 Å². The highest BCUT2D eigenvalue weighted by Crippen LogP contribution is 2.33. The fourth-order valence-corrected chi connectivity index (χ4v) is 2.48. The summed E-state index contributed by atoms with van der Waals surface area (Å²) in [5.74, 6) is -0.447. The molecule has 0 bridgehead atoms. The summed E-state index contributed by atoms with van der Waals surface area (Å²) < 4.78 is 36.3. The third-order valence-electron chi connectivity index (χ3n) is 3.50. The first-order valence-corrected chi connectivity index (χ1v) is 7.59. The number of hydrogen-bond acceptors (Lipinski definition) is 3. The molecule has 0 heterocycles. The first-order chi connectivity index (χ1) is 7.98. The summed E-state index contributed by atoms with van der Waals surface area (Å²) in [5, 5.41) is 0. The van der Waals surface area contributed by atoms with E-state index in [-0.39, 0.29) is 5.56 Å². The van der Waals surface area contributed by atoms with Gasteiger partial charge in [0.1, 0.15) is 5.82 Å². The van der Waals surface area contributed by atoms with E-state index in [1.165, 1.54) is 19.9 Å². The lowest BCUT2D eigenvalue weighted by Gasteiger charge is -2.31. The fourth-order valence-electron chi connectivity index (χ4n) is 1.90.